The van der Waals surface area contributed by atoms with Crippen molar-refractivity contribution in [3.8, 4) is 0 Å². The van der Waals surface area contributed by atoms with Crippen LogP contribution in [0.2, 0.25) is 0 Å². The van der Waals surface area contributed by atoms with Gasteiger partial charge in [-0.1, -0.05) is 0 Å². The SMILES string of the molecule is COCCNCC(=O)N1CCO[C@@](C)(c2cnn(C)c2)C1. The zero-order valence-electron chi connectivity index (χ0n) is 13.0. The normalized spacial score (nSPS) is 22.5. The van der Waals surface area contributed by atoms with Gasteiger partial charge in [-0.3, -0.25) is 9.48 Å². The van der Waals surface area contributed by atoms with Gasteiger partial charge in [0.1, 0.15) is 5.60 Å². The zero-order chi connectivity index (χ0) is 15.3. The van der Waals surface area contributed by atoms with Crippen molar-refractivity contribution < 1.29 is 14.3 Å². The van der Waals surface area contributed by atoms with E-state index in [2.05, 4.69) is 10.4 Å². The minimum atomic E-state index is -0.491. The van der Waals surface area contributed by atoms with E-state index in [0.717, 1.165) is 5.56 Å². The number of morpholine rings is 1. The van der Waals surface area contributed by atoms with Crippen LogP contribution in [-0.4, -0.2) is 67.1 Å². The van der Waals surface area contributed by atoms with Gasteiger partial charge in [-0.05, 0) is 6.92 Å². The van der Waals surface area contributed by atoms with Crippen molar-refractivity contribution >= 4 is 5.91 Å². The van der Waals surface area contributed by atoms with E-state index >= 15 is 0 Å². The molecular weight excluding hydrogens is 272 g/mol. The molecule has 1 aromatic heterocycles. The van der Waals surface area contributed by atoms with Crippen LogP contribution in [0.3, 0.4) is 0 Å². The Morgan fingerprint density at radius 1 is 1.62 bits per heavy atom. The molecule has 21 heavy (non-hydrogen) atoms. The topological polar surface area (TPSA) is 68.6 Å². The first-order valence-corrected chi connectivity index (χ1v) is 7.16. The van der Waals surface area contributed by atoms with E-state index in [1.54, 1.807) is 18.0 Å². The second-order valence-corrected chi connectivity index (χ2v) is 5.47. The van der Waals surface area contributed by atoms with Crippen LogP contribution >= 0.6 is 0 Å². The van der Waals surface area contributed by atoms with Crippen LogP contribution in [0.1, 0.15) is 12.5 Å². The van der Waals surface area contributed by atoms with Crippen molar-refractivity contribution in [3.63, 3.8) is 0 Å². The van der Waals surface area contributed by atoms with Crippen molar-refractivity contribution in [2.45, 2.75) is 12.5 Å². The van der Waals surface area contributed by atoms with E-state index in [-0.39, 0.29) is 5.91 Å². The lowest BCUT2D eigenvalue weighted by atomic mass is 9.97. The summed E-state index contributed by atoms with van der Waals surface area (Å²) in [7, 11) is 3.52. The summed E-state index contributed by atoms with van der Waals surface area (Å²) in [5.74, 6) is 0.0875. The van der Waals surface area contributed by atoms with E-state index in [1.807, 2.05) is 25.1 Å². The highest BCUT2D eigenvalue weighted by atomic mass is 16.5. The van der Waals surface area contributed by atoms with Crippen LogP contribution < -0.4 is 5.32 Å². The molecule has 1 saturated heterocycles. The zero-order valence-corrected chi connectivity index (χ0v) is 13.0. The molecule has 2 rings (SSSR count). The first-order valence-electron chi connectivity index (χ1n) is 7.16. The second-order valence-electron chi connectivity index (χ2n) is 5.47. The Labute approximate surface area is 125 Å². The average Bonchev–Trinajstić information content (AvgIpc) is 2.91. The van der Waals surface area contributed by atoms with E-state index in [1.165, 1.54) is 0 Å². The van der Waals surface area contributed by atoms with Crippen molar-refractivity contribution in [1.82, 2.24) is 20.0 Å². The molecule has 0 spiro atoms. The minimum Gasteiger partial charge on any atom is -0.383 e. The number of hydrogen-bond acceptors (Lipinski definition) is 5. The molecule has 1 N–H and O–H groups in total. The van der Waals surface area contributed by atoms with Crippen LogP contribution in [0, 0.1) is 0 Å². The lowest BCUT2D eigenvalue weighted by Crippen LogP contribution is -2.52. The maximum Gasteiger partial charge on any atom is 0.236 e. The lowest BCUT2D eigenvalue weighted by molar-refractivity contribution is -0.148. The number of nitrogens with zero attached hydrogens (tertiary/aromatic N) is 3. The van der Waals surface area contributed by atoms with Gasteiger partial charge in [0.2, 0.25) is 5.91 Å². The Bertz CT molecular complexity index is 477. The molecule has 118 valence electrons. The van der Waals surface area contributed by atoms with Gasteiger partial charge in [0.15, 0.2) is 0 Å². The fraction of sp³-hybridized carbons (Fsp3) is 0.714. The van der Waals surface area contributed by atoms with Crippen LogP contribution in [0.25, 0.3) is 0 Å². The number of methoxy groups -OCH3 is 1. The monoisotopic (exact) mass is 296 g/mol. The minimum absolute atomic E-state index is 0.0875. The van der Waals surface area contributed by atoms with Crippen molar-refractivity contribution in [1.29, 1.82) is 0 Å². The summed E-state index contributed by atoms with van der Waals surface area (Å²) in [4.78, 5) is 14.1. The Morgan fingerprint density at radius 2 is 2.43 bits per heavy atom. The number of nitrogens with one attached hydrogen (secondary N) is 1. The number of hydrogen-bond donors (Lipinski definition) is 1. The van der Waals surface area contributed by atoms with Gasteiger partial charge in [0.25, 0.3) is 0 Å². The average molecular weight is 296 g/mol. The molecular formula is C14H24N4O3. The molecule has 1 aliphatic rings. The molecule has 0 aliphatic carbocycles. The molecule has 1 fully saturated rings. The summed E-state index contributed by atoms with van der Waals surface area (Å²) in [6, 6.07) is 0. The summed E-state index contributed by atoms with van der Waals surface area (Å²) < 4.78 is 12.6. The van der Waals surface area contributed by atoms with Gasteiger partial charge in [-0.15, -0.1) is 0 Å². The molecule has 1 amide bonds. The number of carbonyl (C=O) groups excluding carboxylic acids is 1. The van der Waals surface area contributed by atoms with Crippen LogP contribution in [-0.2, 0) is 26.9 Å². The fourth-order valence-electron chi connectivity index (χ4n) is 2.43. The van der Waals surface area contributed by atoms with Gasteiger partial charge >= 0.3 is 0 Å². The van der Waals surface area contributed by atoms with Gasteiger partial charge in [-0.2, -0.15) is 5.10 Å². The third-order valence-corrected chi connectivity index (χ3v) is 3.70. The summed E-state index contributed by atoms with van der Waals surface area (Å²) in [5.41, 5.74) is 0.504. The number of carbonyl (C=O) groups is 1. The molecule has 7 nitrogen and oxygen atoms in total. The number of amides is 1. The predicted molar refractivity (Wildman–Crippen MR) is 77.8 cm³/mol. The van der Waals surface area contributed by atoms with Crippen LogP contribution in [0.5, 0.6) is 0 Å². The van der Waals surface area contributed by atoms with E-state index in [9.17, 15) is 4.79 Å². The van der Waals surface area contributed by atoms with Crippen molar-refractivity contribution in [2.75, 3.05) is 46.5 Å². The Kier molecular flexibility index (Phi) is 5.33. The first kappa shape index (κ1) is 15.9. The fourth-order valence-corrected chi connectivity index (χ4v) is 2.43. The highest BCUT2D eigenvalue weighted by molar-refractivity contribution is 5.78. The molecule has 2 heterocycles. The van der Waals surface area contributed by atoms with Crippen molar-refractivity contribution in [2.24, 2.45) is 7.05 Å². The van der Waals surface area contributed by atoms with E-state index in [4.69, 9.17) is 9.47 Å². The molecule has 0 unspecified atom stereocenters. The molecule has 0 radical (unpaired) electrons. The predicted octanol–water partition coefficient (Wildman–Crippen LogP) is -0.270. The lowest BCUT2D eigenvalue weighted by Gasteiger charge is -2.40. The molecule has 1 atom stereocenters. The number of ether oxygens (including phenoxy) is 2. The number of aromatic nitrogens is 2. The van der Waals surface area contributed by atoms with Crippen LogP contribution in [0.15, 0.2) is 12.4 Å². The summed E-state index contributed by atoms with van der Waals surface area (Å²) >= 11 is 0. The standard InChI is InChI=1S/C14H24N4O3/c1-14(12-8-16-17(2)10-12)11-18(5-7-21-14)13(19)9-15-4-6-20-3/h8,10,15H,4-7,9,11H2,1-3H3/t14-/m1/s1. The molecule has 1 aliphatic heterocycles. The third-order valence-electron chi connectivity index (χ3n) is 3.70. The van der Waals surface area contributed by atoms with E-state index in [0.29, 0.717) is 39.4 Å². The second kappa shape index (κ2) is 7.02. The number of rotatable bonds is 6. The Hall–Kier alpha value is -1.44. The number of aryl methyl sites for hydroxylation is 1. The van der Waals surface area contributed by atoms with Gasteiger partial charge < -0.3 is 19.7 Å². The Balaban J connectivity index is 1.92. The first-order chi connectivity index (χ1) is 10.0. The molecule has 0 bridgehead atoms. The van der Waals surface area contributed by atoms with Gasteiger partial charge in [0.05, 0.1) is 32.5 Å². The highest BCUT2D eigenvalue weighted by Gasteiger charge is 2.36. The summed E-state index contributed by atoms with van der Waals surface area (Å²) in [6.07, 6.45) is 3.73. The smallest absolute Gasteiger partial charge is 0.236 e. The molecule has 0 aromatic carbocycles. The Morgan fingerprint density at radius 3 is 3.10 bits per heavy atom. The largest absolute Gasteiger partial charge is 0.383 e. The molecule has 7 heteroatoms. The van der Waals surface area contributed by atoms with Gasteiger partial charge in [0, 0.05) is 39.0 Å². The summed E-state index contributed by atoms with van der Waals surface area (Å²) in [6.45, 7) is 5.31. The maximum atomic E-state index is 12.2. The van der Waals surface area contributed by atoms with Gasteiger partial charge in [-0.25, -0.2) is 0 Å². The highest BCUT2D eigenvalue weighted by Crippen LogP contribution is 2.28. The van der Waals surface area contributed by atoms with Crippen LogP contribution in [0.4, 0.5) is 0 Å². The van der Waals surface area contributed by atoms with E-state index < -0.39 is 5.60 Å². The summed E-state index contributed by atoms with van der Waals surface area (Å²) in [5, 5.41) is 7.27. The molecule has 0 saturated carbocycles. The van der Waals surface area contributed by atoms with Crippen molar-refractivity contribution in [3.05, 3.63) is 18.0 Å². The quantitative estimate of drug-likeness (QED) is 0.732. The third kappa shape index (κ3) is 4.03. The maximum absolute atomic E-state index is 12.2. The molecule has 1 aromatic rings.